The van der Waals surface area contributed by atoms with Gasteiger partial charge in [0, 0.05) is 30.6 Å². The van der Waals surface area contributed by atoms with E-state index in [2.05, 4.69) is 4.98 Å². The lowest BCUT2D eigenvalue weighted by atomic mass is 9.79. The molecule has 3 atom stereocenters. The first-order valence-corrected chi connectivity index (χ1v) is 9.11. The van der Waals surface area contributed by atoms with Gasteiger partial charge >= 0.3 is 0 Å². The summed E-state index contributed by atoms with van der Waals surface area (Å²) in [4.78, 5) is 30.0. The summed E-state index contributed by atoms with van der Waals surface area (Å²) in [6.07, 6.45) is 2.29. The molecular formula is C20H24N2O4. The number of hydrogen-bond acceptors (Lipinski definition) is 4. The molecule has 0 bridgehead atoms. The standard InChI is InChI=1S/C20H24N2O4/c1-12-3-4-16-14(9-12)15(11-18(24)21-16)19(25)22-8-7-20(26-2)6-5-13(23)10-17(20)22/h3-4,9,11,13,17,23H,5-8,10H2,1-2H3,(H,21,24)/t13-,17+,20-/m1/s1. The molecule has 1 saturated carbocycles. The van der Waals surface area contributed by atoms with Crippen molar-refractivity contribution in [2.45, 2.75) is 50.4 Å². The predicted molar refractivity (Wildman–Crippen MR) is 98.3 cm³/mol. The number of ether oxygens (including phenoxy) is 1. The van der Waals surface area contributed by atoms with Gasteiger partial charge in [-0.15, -0.1) is 0 Å². The molecule has 4 rings (SSSR count). The number of nitrogens with zero attached hydrogens (tertiary/aromatic N) is 1. The zero-order valence-electron chi connectivity index (χ0n) is 15.1. The normalized spacial score (nSPS) is 28.3. The summed E-state index contributed by atoms with van der Waals surface area (Å²) >= 11 is 0. The molecule has 1 saturated heterocycles. The van der Waals surface area contributed by atoms with Gasteiger partial charge in [-0.1, -0.05) is 11.6 Å². The van der Waals surface area contributed by atoms with E-state index in [4.69, 9.17) is 4.74 Å². The Labute approximate surface area is 151 Å². The molecule has 2 N–H and O–H groups in total. The fourth-order valence-electron chi connectivity index (χ4n) is 4.62. The Bertz CT molecular complexity index is 922. The molecule has 1 aliphatic carbocycles. The highest BCUT2D eigenvalue weighted by Crippen LogP contribution is 2.43. The van der Waals surface area contributed by atoms with Crippen LogP contribution in [0, 0.1) is 6.92 Å². The van der Waals surface area contributed by atoms with Crippen molar-refractivity contribution in [1.29, 1.82) is 0 Å². The topological polar surface area (TPSA) is 82.6 Å². The molecule has 1 aliphatic heterocycles. The third-order valence-electron chi connectivity index (χ3n) is 6.05. The van der Waals surface area contributed by atoms with Crippen LogP contribution in [0.25, 0.3) is 10.9 Å². The van der Waals surface area contributed by atoms with Crippen molar-refractivity contribution in [2.75, 3.05) is 13.7 Å². The lowest BCUT2D eigenvalue weighted by molar-refractivity contribution is -0.0824. The molecule has 1 aromatic carbocycles. The van der Waals surface area contributed by atoms with Crippen LogP contribution in [0.2, 0.25) is 0 Å². The molecule has 2 fully saturated rings. The van der Waals surface area contributed by atoms with E-state index in [0.717, 1.165) is 23.8 Å². The second-order valence-electron chi connectivity index (χ2n) is 7.56. The van der Waals surface area contributed by atoms with E-state index >= 15 is 0 Å². The third kappa shape index (κ3) is 2.64. The number of aromatic amines is 1. The summed E-state index contributed by atoms with van der Waals surface area (Å²) in [6.45, 7) is 2.53. The molecule has 0 spiro atoms. The van der Waals surface area contributed by atoms with Crippen molar-refractivity contribution >= 4 is 16.8 Å². The minimum absolute atomic E-state index is 0.162. The summed E-state index contributed by atoms with van der Waals surface area (Å²) in [6, 6.07) is 6.89. The lowest BCUT2D eigenvalue weighted by Gasteiger charge is -2.42. The largest absolute Gasteiger partial charge is 0.393 e. The maximum absolute atomic E-state index is 13.4. The van der Waals surface area contributed by atoms with Gasteiger partial charge in [-0.3, -0.25) is 9.59 Å². The molecule has 0 radical (unpaired) electrons. The monoisotopic (exact) mass is 356 g/mol. The number of pyridine rings is 1. The highest BCUT2D eigenvalue weighted by Gasteiger charge is 2.52. The average molecular weight is 356 g/mol. The first-order valence-electron chi connectivity index (χ1n) is 9.11. The van der Waals surface area contributed by atoms with E-state index in [0.29, 0.717) is 30.5 Å². The Morgan fingerprint density at radius 3 is 2.92 bits per heavy atom. The number of H-pyrrole nitrogens is 1. The van der Waals surface area contributed by atoms with E-state index in [9.17, 15) is 14.7 Å². The Hall–Kier alpha value is -2.18. The predicted octanol–water partition coefficient (Wildman–Crippen LogP) is 1.98. The van der Waals surface area contributed by atoms with Gasteiger partial charge in [0.25, 0.3) is 5.91 Å². The highest BCUT2D eigenvalue weighted by atomic mass is 16.5. The second-order valence-corrected chi connectivity index (χ2v) is 7.56. The molecule has 2 aliphatic rings. The molecule has 138 valence electrons. The lowest BCUT2D eigenvalue weighted by Crippen LogP contribution is -2.52. The number of aliphatic hydroxyl groups excluding tert-OH is 1. The molecule has 26 heavy (non-hydrogen) atoms. The Morgan fingerprint density at radius 1 is 1.35 bits per heavy atom. The van der Waals surface area contributed by atoms with Crippen LogP contribution in [0.4, 0.5) is 0 Å². The van der Waals surface area contributed by atoms with Gasteiger partial charge in [-0.2, -0.15) is 0 Å². The molecular weight excluding hydrogens is 332 g/mol. The van der Waals surface area contributed by atoms with E-state index in [1.807, 2.05) is 25.1 Å². The van der Waals surface area contributed by atoms with Crippen molar-refractivity contribution in [2.24, 2.45) is 0 Å². The summed E-state index contributed by atoms with van der Waals surface area (Å²) in [5.74, 6) is -0.162. The second kappa shape index (κ2) is 6.21. The van der Waals surface area contributed by atoms with Crippen molar-refractivity contribution in [3.8, 4) is 0 Å². The van der Waals surface area contributed by atoms with Gasteiger partial charge in [0.15, 0.2) is 0 Å². The maximum Gasteiger partial charge on any atom is 0.255 e. The molecule has 6 nitrogen and oxygen atoms in total. The number of methoxy groups -OCH3 is 1. The molecule has 1 aromatic heterocycles. The number of rotatable bonds is 2. The number of amides is 1. The minimum Gasteiger partial charge on any atom is -0.393 e. The number of likely N-dealkylation sites (tertiary alicyclic amines) is 1. The van der Waals surface area contributed by atoms with E-state index < -0.39 is 6.10 Å². The SMILES string of the molecule is CO[C@@]12CC[C@@H](O)C[C@@H]1N(C(=O)c1cc(=O)[nH]c3ccc(C)cc13)CC2. The molecule has 2 heterocycles. The van der Waals surface area contributed by atoms with Gasteiger partial charge in [0.05, 0.1) is 23.3 Å². The quantitative estimate of drug-likeness (QED) is 0.862. The zero-order valence-corrected chi connectivity index (χ0v) is 15.1. The minimum atomic E-state index is -0.421. The first kappa shape index (κ1) is 17.2. The first-order chi connectivity index (χ1) is 12.4. The third-order valence-corrected chi connectivity index (χ3v) is 6.05. The van der Waals surface area contributed by atoms with E-state index in [1.54, 1.807) is 12.0 Å². The van der Waals surface area contributed by atoms with Gasteiger partial charge in [0.1, 0.15) is 0 Å². The van der Waals surface area contributed by atoms with E-state index in [1.165, 1.54) is 6.07 Å². The number of aryl methyl sites for hydroxylation is 1. The average Bonchev–Trinajstić information content (AvgIpc) is 3.00. The Balaban J connectivity index is 1.78. The fourth-order valence-corrected chi connectivity index (χ4v) is 4.62. The number of aliphatic hydroxyl groups is 1. The number of fused-ring (bicyclic) bond motifs is 2. The van der Waals surface area contributed by atoms with Crippen molar-refractivity contribution in [3.05, 3.63) is 45.7 Å². The van der Waals surface area contributed by atoms with Crippen LogP contribution in [-0.4, -0.2) is 52.3 Å². The van der Waals surface area contributed by atoms with Gasteiger partial charge in [0.2, 0.25) is 5.56 Å². The summed E-state index contributed by atoms with van der Waals surface area (Å²) in [5, 5.41) is 10.9. The number of benzene rings is 1. The van der Waals surface area contributed by atoms with Crippen molar-refractivity contribution in [3.63, 3.8) is 0 Å². The highest BCUT2D eigenvalue weighted by molar-refractivity contribution is 6.06. The summed E-state index contributed by atoms with van der Waals surface area (Å²) < 4.78 is 5.82. The van der Waals surface area contributed by atoms with E-state index in [-0.39, 0.29) is 23.1 Å². The number of carbonyl (C=O) groups is 1. The Kier molecular flexibility index (Phi) is 4.12. The van der Waals surface area contributed by atoms with Crippen LogP contribution in [0.1, 0.15) is 41.6 Å². The van der Waals surface area contributed by atoms with Gasteiger partial charge in [-0.25, -0.2) is 0 Å². The van der Waals surface area contributed by atoms with Crippen LogP contribution in [-0.2, 0) is 4.74 Å². The number of carbonyl (C=O) groups excluding carboxylic acids is 1. The number of nitrogens with one attached hydrogen (secondary N) is 1. The maximum atomic E-state index is 13.4. The van der Waals surface area contributed by atoms with Gasteiger partial charge < -0.3 is 19.7 Å². The fraction of sp³-hybridized carbons (Fsp3) is 0.500. The van der Waals surface area contributed by atoms with Crippen molar-refractivity contribution < 1.29 is 14.6 Å². The van der Waals surface area contributed by atoms with Crippen LogP contribution >= 0.6 is 0 Å². The molecule has 2 aromatic rings. The summed E-state index contributed by atoms with van der Waals surface area (Å²) in [5.41, 5.74) is 1.43. The van der Waals surface area contributed by atoms with Gasteiger partial charge in [-0.05, 0) is 44.7 Å². The smallest absolute Gasteiger partial charge is 0.255 e. The Morgan fingerprint density at radius 2 is 2.15 bits per heavy atom. The van der Waals surface area contributed by atoms with Crippen LogP contribution in [0.3, 0.4) is 0 Å². The molecule has 0 unspecified atom stereocenters. The van der Waals surface area contributed by atoms with Crippen LogP contribution in [0.15, 0.2) is 29.1 Å². The molecule has 6 heteroatoms. The van der Waals surface area contributed by atoms with Crippen LogP contribution in [0.5, 0.6) is 0 Å². The zero-order chi connectivity index (χ0) is 18.5. The van der Waals surface area contributed by atoms with Crippen molar-refractivity contribution in [1.82, 2.24) is 9.88 Å². The number of hydrogen-bond donors (Lipinski definition) is 2. The van der Waals surface area contributed by atoms with Crippen LogP contribution < -0.4 is 5.56 Å². The summed E-state index contributed by atoms with van der Waals surface area (Å²) in [7, 11) is 1.69. The number of aromatic nitrogens is 1. The molecule has 1 amide bonds.